The summed E-state index contributed by atoms with van der Waals surface area (Å²) >= 11 is 1.55. The first-order chi connectivity index (χ1) is 7.69. The number of rotatable bonds is 4. The summed E-state index contributed by atoms with van der Waals surface area (Å²) < 4.78 is 5.22. The first-order valence-electron chi connectivity index (χ1n) is 5.39. The molecule has 0 bridgehead atoms. The molecule has 0 radical (unpaired) electrons. The molecule has 2 heterocycles. The van der Waals surface area contributed by atoms with E-state index in [4.69, 9.17) is 4.74 Å². The van der Waals surface area contributed by atoms with Crippen molar-refractivity contribution in [3.63, 3.8) is 0 Å². The number of nitrogens with zero attached hydrogens (tertiary/aromatic N) is 1. The molecule has 0 saturated carbocycles. The van der Waals surface area contributed by atoms with Crippen LogP contribution in [0.2, 0.25) is 0 Å². The Morgan fingerprint density at radius 3 is 3.12 bits per heavy atom. The van der Waals surface area contributed by atoms with Crippen LogP contribution in [0.25, 0.3) is 0 Å². The minimum atomic E-state index is -0.0610. The van der Waals surface area contributed by atoms with Crippen molar-refractivity contribution < 1.29 is 9.53 Å². The fourth-order valence-corrected chi connectivity index (χ4v) is 2.67. The number of methoxy groups -OCH3 is 1. The molecule has 88 valence electrons. The first-order valence-corrected chi connectivity index (χ1v) is 6.27. The van der Waals surface area contributed by atoms with Crippen molar-refractivity contribution in [2.45, 2.75) is 31.9 Å². The maximum atomic E-state index is 11.9. The molecule has 4 nitrogen and oxygen atoms in total. The van der Waals surface area contributed by atoms with Crippen molar-refractivity contribution >= 4 is 17.1 Å². The SMILES string of the molecule is COC1CNC(C(=O)Cc2nc(C)cs2)C1. The summed E-state index contributed by atoms with van der Waals surface area (Å²) in [5, 5.41) is 6.07. The van der Waals surface area contributed by atoms with E-state index in [2.05, 4.69) is 10.3 Å². The first kappa shape index (κ1) is 11.7. The van der Waals surface area contributed by atoms with E-state index in [-0.39, 0.29) is 17.9 Å². The minimum absolute atomic E-state index is 0.0610. The number of ether oxygens (including phenoxy) is 1. The number of thiazole rings is 1. The summed E-state index contributed by atoms with van der Waals surface area (Å²) in [6.07, 6.45) is 1.39. The largest absolute Gasteiger partial charge is 0.380 e. The van der Waals surface area contributed by atoms with Gasteiger partial charge in [0.1, 0.15) is 5.01 Å². The summed E-state index contributed by atoms with van der Waals surface area (Å²) in [5.41, 5.74) is 0.988. The van der Waals surface area contributed by atoms with E-state index in [0.717, 1.165) is 23.7 Å². The predicted octanol–water partition coefficient (Wildman–Crippen LogP) is 0.940. The Morgan fingerprint density at radius 2 is 2.56 bits per heavy atom. The molecular weight excluding hydrogens is 224 g/mol. The molecule has 1 saturated heterocycles. The molecule has 1 fully saturated rings. The van der Waals surface area contributed by atoms with E-state index in [0.29, 0.717) is 6.42 Å². The Bertz CT molecular complexity index is 378. The number of aromatic nitrogens is 1. The summed E-state index contributed by atoms with van der Waals surface area (Å²) in [4.78, 5) is 16.2. The van der Waals surface area contributed by atoms with E-state index in [1.54, 1.807) is 18.4 Å². The number of hydrogen-bond acceptors (Lipinski definition) is 5. The third-order valence-corrected chi connectivity index (χ3v) is 3.77. The van der Waals surface area contributed by atoms with Crippen LogP contribution in [-0.2, 0) is 16.0 Å². The average molecular weight is 240 g/mol. The van der Waals surface area contributed by atoms with Crippen LogP contribution in [0, 0.1) is 6.92 Å². The standard InChI is InChI=1S/C11H16N2O2S/c1-7-6-16-11(13-7)4-10(14)9-3-8(15-2)5-12-9/h6,8-9,12H,3-5H2,1-2H3. The molecule has 1 aromatic rings. The maximum Gasteiger partial charge on any atom is 0.156 e. The fraction of sp³-hybridized carbons (Fsp3) is 0.636. The smallest absolute Gasteiger partial charge is 0.156 e. The summed E-state index contributed by atoms with van der Waals surface area (Å²) in [6.45, 7) is 2.71. The average Bonchev–Trinajstić information content (AvgIpc) is 2.87. The number of ketones is 1. The van der Waals surface area contributed by atoms with Gasteiger partial charge < -0.3 is 10.1 Å². The van der Waals surface area contributed by atoms with Gasteiger partial charge in [0.15, 0.2) is 5.78 Å². The quantitative estimate of drug-likeness (QED) is 0.851. The second-order valence-electron chi connectivity index (χ2n) is 4.08. The van der Waals surface area contributed by atoms with Crippen LogP contribution in [0.5, 0.6) is 0 Å². The van der Waals surface area contributed by atoms with E-state index in [9.17, 15) is 4.79 Å². The van der Waals surface area contributed by atoms with E-state index >= 15 is 0 Å². The molecule has 0 spiro atoms. The molecule has 16 heavy (non-hydrogen) atoms. The highest BCUT2D eigenvalue weighted by molar-refractivity contribution is 7.09. The van der Waals surface area contributed by atoms with Crippen molar-refractivity contribution in [2.24, 2.45) is 0 Å². The molecule has 0 aliphatic carbocycles. The van der Waals surface area contributed by atoms with Crippen molar-refractivity contribution in [3.05, 3.63) is 16.1 Å². The zero-order valence-corrected chi connectivity index (χ0v) is 10.3. The zero-order chi connectivity index (χ0) is 11.5. The molecule has 2 unspecified atom stereocenters. The fourth-order valence-electron chi connectivity index (χ4n) is 1.88. The van der Waals surface area contributed by atoms with Crippen molar-refractivity contribution in [3.8, 4) is 0 Å². The molecule has 1 aliphatic rings. The lowest BCUT2D eigenvalue weighted by atomic mass is 10.1. The number of carbonyl (C=O) groups is 1. The van der Waals surface area contributed by atoms with Crippen LogP contribution >= 0.6 is 11.3 Å². The van der Waals surface area contributed by atoms with Gasteiger partial charge in [-0.2, -0.15) is 0 Å². The second kappa shape index (κ2) is 5.03. The zero-order valence-electron chi connectivity index (χ0n) is 9.53. The van der Waals surface area contributed by atoms with Crippen molar-refractivity contribution in [2.75, 3.05) is 13.7 Å². The molecule has 0 amide bonds. The molecule has 2 atom stereocenters. The normalized spacial score (nSPS) is 24.9. The number of Topliss-reactive ketones (excluding diaryl/α,β-unsaturated/α-hetero) is 1. The van der Waals surface area contributed by atoms with Gasteiger partial charge in [0, 0.05) is 24.7 Å². The Hall–Kier alpha value is -0.780. The highest BCUT2D eigenvalue weighted by Gasteiger charge is 2.29. The monoisotopic (exact) mass is 240 g/mol. The van der Waals surface area contributed by atoms with Crippen LogP contribution in [-0.4, -0.2) is 36.6 Å². The van der Waals surface area contributed by atoms with Gasteiger partial charge in [0.2, 0.25) is 0 Å². The summed E-state index contributed by atoms with van der Waals surface area (Å²) in [7, 11) is 1.68. The lowest BCUT2D eigenvalue weighted by molar-refractivity contribution is -0.120. The second-order valence-corrected chi connectivity index (χ2v) is 5.02. The van der Waals surface area contributed by atoms with Crippen LogP contribution < -0.4 is 5.32 Å². The number of aryl methyl sites for hydroxylation is 1. The van der Waals surface area contributed by atoms with Crippen molar-refractivity contribution in [1.29, 1.82) is 0 Å². The molecule has 0 aromatic carbocycles. The number of hydrogen-bond donors (Lipinski definition) is 1. The van der Waals surface area contributed by atoms with Gasteiger partial charge in [0.05, 0.1) is 18.6 Å². The van der Waals surface area contributed by atoms with Crippen LogP contribution in [0.4, 0.5) is 0 Å². The predicted molar refractivity (Wildman–Crippen MR) is 62.8 cm³/mol. The van der Waals surface area contributed by atoms with Gasteiger partial charge in [-0.25, -0.2) is 4.98 Å². The Morgan fingerprint density at radius 1 is 1.75 bits per heavy atom. The topological polar surface area (TPSA) is 51.2 Å². The Kier molecular flexibility index (Phi) is 3.68. The van der Waals surface area contributed by atoms with Gasteiger partial charge >= 0.3 is 0 Å². The van der Waals surface area contributed by atoms with Crippen LogP contribution in [0.1, 0.15) is 17.1 Å². The molecule has 5 heteroatoms. The minimum Gasteiger partial charge on any atom is -0.380 e. The highest BCUT2D eigenvalue weighted by Crippen LogP contribution is 2.15. The number of nitrogens with one attached hydrogen (secondary N) is 1. The highest BCUT2D eigenvalue weighted by atomic mass is 32.1. The van der Waals surface area contributed by atoms with E-state index in [1.165, 1.54) is 0 Å². The van der Waals surface area contributed by atoms with Crippen LogP contribution in [0.3, 0.4) is 0 Å². The molecule has 2 rings (SSSR count). The lowest BCUT2D eigenvalue weighted by Crippen LogP contribution is -2.31. The third-order valence-electron chi connectivity index (χ3n) is 2.80. The summed E-state index contributed by atoms with van der Waals surface area (Å²) in [5.74, 6) is 0.217. The summed E-state index contributed by atoms with van der Waals surface area (Å²) in [6, 6.07) is -0.0610. The van der Waals surface area contributed by atoms with Gasteiger partial charge in [-0.15, -0.1) is 11.3 Å². The maximum absolute atomic E-state index is 11.9. The number of carbonyl (C=O) groups excluding carboxylic acids is 1. The Balaban J connectivity index is 1.89. The van der Waals surface area contributed by atoms with Crippen molar-refractivity contribution in [1.82, 2.24) is 10.3 Å². The molecule has 1 aliphatic heterocycles. The third kappa shape index (κ3) is 2.66. The van der Waals surface area contributed by atoms with E-state index < -0.39 is 0 Å². The Labute approximate surface area is 99.0 Å². The van der Waals surface area contributed by atoms with E-state index in [1.807, 2.05) is 12.3 Å². The molecule has 1 N–H and O–H groups in total. The van der Waals surface area contributed by atoms with Crippen LogP contribution in [0.15, 0.2) is 5.38 Å². The van der Waals surface area contributed by atoms with Gasteiger partial charge in [0.25, 0.3) is 0 Å². The lowest BCUT2D eigenvalue weighted by Gasteiger charge is -2.07. The van der Waals surface area contributed by atoms with Gasteiger partial charge in [-0.1, -0.05) is 0 Å². The molecule has 1 aromatic heterocycles. The molecular formula is C11H16N2O2S. The van der Waals surface area contributed by atoms with Gasteiger partial charge in [-0.05, 0) is 13.3 Å². The van der Waals surface area contributed by atoms with Gasteiger partial charge in [-0.3, -0.25) is 4.79 Å².